The van der Waals surface area contributed by atoms with Gasteiger partial charge in [-0.05, 0) is 37.9 Å². The van der Waals surface area contributed by atoms with Gasteiger partial charge < -0.3 is 9.84 Å². The van der Waals surface area contributed by atoms with Crippen molar-refractivity contribution in [2.45, 2.75) is 19.3 Å². The first-order valence-electron chi connectivity index (χ1n) is 7.00. The normalized spacial score (nSPS) is 18.6. The Morgan fingerprint density at radius 3 is 3.14 bits per heavy atom. The molecule has 1 aromatic heterocycles. The average molecular weight is 288 g/mol. The smallest absolute Gasteiger partial charge is 0.270 e. The fourth-order valence-corrected chi connectivity index (χ4v) is 2.56. The lowest BCUT2D eigenvalue weighted by atomic mass is 9.96. The van der Waals surface area contributed by atoms with Crippen molar-refractivity contribution in [2.24, 2.45) is 5.92 Å². The van der Waals surface area contributed by atoms with Crippen LogP contribution in [0.25, 0.3) is 11.5 Å². The van der Waals surface area contributed by atoms with Crippen LogP contribution in [0.2, 0.25) is 0 Å². The molecule has 7 heteroatoms. The van der Waals surface area contributed by atoms with Crippen LogP contribution in [0.15, 0.2) is 28.8 Å². The van der Waals surface area contributed by atoms with Gasteiger partial charge in [-0.3, -0.25) is 10.1 Å². The number of aromatic nitrogens is 2. The predicted molar refractivity (Wildman–Crippen MR) is 75.7 cm³/mol. The molecule has 3 rings (SSSR count). The zero-order valence-electron chi connectivity index (χ0n) is 11.5. The van der Waals surface area contributed by atoms with Gasteiger partial charge in [0.2, 0.25) is 0 Å². The van der Waals surface area contributed by atoms with Crippen LogP contribution >= 0.6 is 0 Å². The SMILES string of the molecule is O=[N+]([O-])c1cccc(-c2nc(CC3CCCNC3)no2)c1. The topological polar surface area (TPSA) is 94.1 Å². The summed E-state index contributed by atoms with van der Waals surface area (Å²) < 4.78 is 5.22. The molecule has 0 amide bonds. The number of nitro groups is 1. The van der Waals surface area contributed by atoms with Crippen LogP contribution in [0.4, 0.5) is 5.69 Å². The van der Waals surface area contributed by atoms with Crippen LogP contribution in [0, 0.1) is 16.0 Å². The van der Waals surface area contributed by atoms with Crippen LogP contribution in [-0.2, 0) is 6.42 Å². The van der Waals surface area contributed by atoms with E-state index in [1.165, 1.54) is 18.6 Å². The Kier molecular flexibility index (Phi) is 3.92. The molecule has 110 valence electrons. The van der Waals surface area contributed by atoms with Crippen molar-refractivity contribution in [3.8, 4) is 11.5 Å². The molecule has 1 unspecified atom stereocenters. The van der Waals surface area contributed by atoms with E-state index in [9.17, 15) is 10.1 Å². The first kappa shape index (κ1) is 13.7. The molecule has 1 aromatic carbocycles. The summed E-state index contributed by atoms with van der Waals surface area (Å²) in [5.41, 5.74) is 0.591. The molecule has 1 aliphatic rings. The first-order valence-corrected chi connectivity index (χ1v) is 7.00. The molecule has 1 saturated heterocycles. The monoisotopic (exact) mass is 288 g/mol. The van der Waals surface area contributed by atoms with Crippen LogP contribution < -0.4 is 5.32 Å². The molecule has 21 heavy (non-hydrogen) atoms. The third-order valence-electron chi connectivity index (χ3n) is 3.64. The Labute approximate surface area is 121 Å². The van der Waals surface area contributed by atoms with Gasteiger partial charge in [0.05, 0.1) is 4.92 Å². The van der Waals surface area contributed by atoms with Crippen molar-refractivity contribution < 1.29 is 9.45 Å². The van der Waals surface area contributed by atoms with Gasteiger partial charge >= 0.3 is 0 Å². The fraction of sp³-hybridized carbons (Fsp3) is 0.429. The van der Waals surface area contributed by atoms with Crippen molar-refractivity contribution >= 4 is 5.69 Å². The number of piperidine rings is 1. The summed E-state index contributed by atoms with van der Waals surface area (Å²) >= 11 is 0. The second-order valence-electron chi connectivity index (χ2n) is 5.24. The molecule has 0 saturated carbocycles. The van der Waals surface area contributed by atoms with E-state index in [1.807, 2.05) is 0 Å². The highest BCUT2D eigenvalue weighted by molar-refractivity contribution is 5.57. The number of nitrogens with one attached hydrogen (secondary N) is 1. The minimum atomic E-state index is -0.436. The maximum absolute atomic E-state index is 10.8. The van der Waals surface area contributed by atoms with Crippen LogP contribution in [0.5, 0.6) is 0 Å². The highest BCUT2D eigenvalue weighted by atomic mass is 16.6. The van der Waals surface area contributed by atoms with Gasteiger partial charge in [-0.1, -0.05) is 11.2 Å². The van der Waals surface area contributed by atoms with Crippen LogP contribution in [-0.4, -0.2) is 28.2 Å². The lowest BCUT2D eigenvalue weighted by molar-refractivity contribution is -0.384. The number of rotatable bonds is 4. The Balaban J connectivity index is 1.75. The molecule has 2 aromatic rings. The maximum Gasteiger partial charge on any atom is 0.270 e. The number of nitro benzene ring substituents is 1. The average Bonchev–Trinajstić information content (AvgIpc) is 2.97. The molecule has 1 fully saturated rings. The van der Waals surface area contributed by atoms with E-state index in [1.54, 1.807) is 12.1 Å². The molecule has 0 aliphatic carbocycles. The number of nitrogens with zero attached hydrogens (tertiary/aromatic N) is 3. The third-order valence-corrected chi connectivity index (χ3v) is 3.64. The van der Waals surface area contributed by atoms with Crippen molar-refractivity contribution in [3.05, 3.63) is 40.2 Å². The number of non-ortho nitro benzene ring substituents is 1. The van der Waals surface area contributed by atoms with Gasteiger partial charge in [-0.2, -0.15) is 4.98 Å². The second kappa shape index (κ2) is 6.01. The van der Waals surface area contributed by atoms with E-state index >= 15 is 0 Å². The molecule has 0 radical (unpaired) electrons. The summed E-state index contributed by atoms with van der Waals surface area (Å²) in [4.78, 5) is 14.7. The zero-order valence-corrected chi connectivity index (χ0v) is 11.5. The molecular formula is C14H16N4O3. The van der Waals surface area contributed by atoms with E-state index in [2.05, 4.69) is 15.5 Å². The van der Waals surface area contributed by atoms with Crippen molar-refractivity contribution in [2.75, 3.05) is 13.1 Å². The van der Waals surface area contributed by atoms with E-state index in [-0.39, 0.29) is 5.69 Å². The summed E-state index contributed by atoms with van der Waals surface area (Å²) in [7, 11) is 0. The van der Waals surface area contributed by atoms with E-state index < -0.39 is 4.92 Å². The number of hydrogen-bond donors (Lipinski definition) is 1. The standard InChI is InChI=1S/C14H16N4O3/c19-18(20)12-5-1-4-11(8-12)14-16-13(17-21-14)7-10-3-2-6-15-9-10/h1,4-5,8,10,15H,2-3,6-7,9H2. The summed E-state index contributed by atoms with van der Waals surface area (Å²) in [6.45, 7) is 2.04. The minimum Gasteiger partial charge on any atom is -0.334 e. The Morgan fingerprint density at radius 2 is 2.38 bits per heavy atom. The van der Waals surface area contributed by atoms with Gasteiger partial charge in [0.25, 0.3) is 11.6 Å². The minimum absolute atomic E-state index is 0.0173. The molecular weight excluding hydrogens is 272 g/mol. The van der Waals surface area contributed by atoms with E-state index in [4.69, 9.17) is 4.52 Å². The largest absolute Gasteiger partial charge is 0.334 e. The van der Waals surface area contributed by atoms with Gasteiger partial charge in [-0.15, -0.1) is 0 Å². The molecule has 0 bridgehead atoms. The number of hydrogen-bond acceptors (Lipinski definition) is 6. The van der Waals surface area contributed by atoms with Gasteiger partial charge in [-0.25, -0.2) is 0 Å². The lowest BCUT2D eigenvalue weighted by Gasteiger charge is -2.20. The number of benzene rings is 1. The van der Waals surface area contributed by atoms with Crippen molar-refractivity contribution in [1.82, 2.24) is 15.5 Å². The molecule has 2 heterocycles. The summed E-state index contributed by atoms with van der Waals surface area (Å²) in [5, 5.41) is 18.1. The Morgan fingerprint density at radius 1 is 1.48 bits per heavy atom. The van der Waals surface area contributed by atoms with E-state index in [0.29, 0.717) is 23.2 Å². The molecule has 0 spiro atoms. The summed E-state index contributed by atoms with van der Waals surface area (Å²) in [6, 6.07) is 6.22. The molecule has 1 N–H and O–H groups in total. The van der Waals surface area contributed by atoms with Crippen LogP contribution in [0.3, 0.4) is 0 Å². The molecule has 1 atom stereocenters. The highest BCUT2D eigenvalue weighted by Gasteiger charge is 2.18. The fourth-order valence-electron chi connectivity index (χ4n) is 2.56. The second-order valence-corrected chi connectivity index (χ2v) is 5.24. The van der Waals surface area contributed by atoms with Crippen molar-refractivity contribution in [1.29, 1.82) is 0 Å². The van der Waals surface area contributed by atoms with E-state index in [0.717, 1.165) is 25.9 Å². The first-order chi connectivity index (χ1) is 10.2. The zero-order chi connectivity index (χ0) is 14.7. The maximum atomic E-state index is 10.8. The van der Waals surface area contributed by atoms with Gasteiger partial charge in [0.1, 0.15) is 0 Å². The summed E-state index contributed by atoms with van der Waals surface area (Å²) in [6.07, 6.45) is 3.10. The summed E-state index contributed by atoms with van der Waals surface area (Å²) in [5.74, 6) is 1.51. The molecule has 1 aliphatic heterocycles. The highest BCUT2D eigenvalue weighted by Crippen LogP contribution is 2.23. The van der Waals surface area contributed by atoms with Crippen molar-refractivity contribution in [3.63, 3.8) is 0 Å². The predicted octanol–water partition coefficient (Wildman–Crippen LogP) is 2.19. The Bertz CT molecular complexity index is 635. The van der Waals surface area contributed by atoms with Gasteiger partial charge in [0.15, 0.2) is 5.82 Å². The van der Waals surface area contributed by atoms with Gasteiger partial charge in [0, 0.05) is 24.1 Å². The third kappa shape index (κ3) is 3.25. The lowest BCUT2D eigenvalue weighted by Crippen LogP contribution is -2.31. The Hall–Kier alpha value is -2.28. The molecule has 7 nitrogen and oxygen atoms in total. The quantitative estimate of drug-likeness (QED) is 0.684. The van der Waals surface area contributed by atoms with Crippen LogP contribution in [0.1, 0.15) is 18.7 Å².